The van der Waals surface area contributed by atoms with Gasteiger partial charge in [0, 0.05) is 25.5 Å². The summed E-state index contributed by atoms with van der Waals surface area (Å²) in [6, 6.07) is 8.31. The molecule has 1 aliphatic rings. The van der Waals surface area contributed by atoms with Gasteiger partial charge >= 0.3 is 0 Å². The quantitative estimate of drug-likeness (QED) is 0.740. The Balaban J connectivity index is 1.44. The molecule has 5 nitrogen and oxygen atoms in total. The zero-order valence-corrected chi connectivity index (χ0v) is 15.3. The molecule has 3 rings (SSSR count). The van der Waals surface area contributed by atoms with Gasteiger partial charge in [-0.25, -0.2) is 9.97 Å². The van der Waals surface area contributed by atoms with E-state index in [4.69, 9.17) is 0 Å². The number of amides is 1. The third-order valence-electron chi connectivity index (χ3n) is 4.60. The zero-order chi connectivity index (χ0) is 18.2. The average molecular weight is 350 g/mol. The SMILES string of the molecule is Cc1ccc(CNc2ncc(C(=O)NCCC3=CCCCC3)cn2)cc1. The molecular weight excluding hydrogens is 324 g/mol. The lowest BCUT2D eigenvalue weighted by atomic mass is 9.97. The van der Waals surface area contributed by atoms with Crippen LogP contribution in [0.15, 0.2) is 48.3 Å². The monoisotopic (exact) mass is 350 g/mol. The number of nitrogens with zero attached hydrogens (tertiary/aromatic N) is 2. The van der Waals surface area contributed by atoms with Crippen molar-refractivity contribution in [3.63, 3.8) is 0 Å². The molecule has 1 aliphatic carbocycles. The Morgan fingerprint density at radius 3 is 2.58 bits per heavy atom. The Hall–Kier alpha value is -2.69. The molecule has 1 heterocycles. The van der Waals surface area contributed by atoms with Crippen molar-refractivity contribution < 1.29 is 4.79 Å². The van der Waals surface area contributed by atoms with Crippen molar-refractivity contribution >= 4 is 11.9 Å². The van der Waals surface area contributed by atoms with E-state index in [0.29, 0.717) is 24.6 Å². The summed E-state index contributed by atoms with van der Waals surface area (Å²) < 4.78 is 0. The number of aromatic nitrogens is 2. The van der Waals surface area contributed by atoms with Gasteiger partial charge in [-0.15, -0.1) is 0 Å². The first kappa shape index (κ1) is 18.1. The van der Waals surface area contributed by atoms with Crippen molar-refractivity contribution in [3.05, 3.63) is 65.0 Å². The fourth-order valence-electron chi connectivity index (χ4n) is 2.99. The molecule has 0 unspecified atom stereocenters. The zero-order valence-electron chi connectivity index (χ0n) is 15.3. The highest BCUT2D eigenvalue weighted by Gasteiger charge is 2.08. The summed E-state index contributed by atoms with van der Waals surface area (Å²) in [5.41, 5.74) is 4.35. The van der Waals surface area contributed by atoms with E-state index in [1.165, 1.54) is 36.8 Å². The second kappa shape index (κ2) is 9.13. The first-order valence-corrected chi connectivity index (χ1v) is 9.28. The number of hydrogen-bond donors (Lipinski definition) is 2. The Morgan fingerprint density at radius 1 is 1.12 bits per heavy atom. The molecule has 1 aromatic heterocycles. The van der Waals surface area contributed by atoms with E-state index in [9.17, 15) is 4.79 Å². The summed E-state index contributed by atoms with van der Waals surface area (Å²) >= 11 is 0. The highest BCUT2D eigenvalue weighted by molar-refractivity contribution is 5.93. The molecule has 0 radical (unpaired) electrons. The molecule has 0 aliphatic heterocycles. The summed E-state index contributed by atoms with van der Waals surface area (Å²) in [6.07, 6.45) is 11.3. The van der Waals surface area contributed by atoms with Crippen LogP contribution in [0.25, 0.3) is 0 Å². The van der Waals surface area contributed by atoms with E-state index < -0.39 is 0 Å². The molecule has 1 aromatic carbocycles. The predicted octanol–water partition coefficient (Wildman–Crippen LogP) is 4.02. The molecule has 0 saturated carbocycles. The van der Waals surface area contributed by atoms with E-state index in [2.05, 4.69) is 57.9 Å². The van der Waals surface area contributed by atoms with Crippen molar-refractivity contribution in [1.29, 1.82) is 0 Å². The minimum atomic E-state index is -0.119. The lowest BCUT2D eigenvalue weighted by molar-refractivity contribution is 0.0953. The number of aryl methyl sites for hydroxylation is 1. The van der Waals surface area contributed by atoms with Crippen LogP contribution in [0.4, 0.5) is 5.95 Å². The van der Waals surface area contributed by atoms with Gasteiger partial charge in [0.2, 0.25) is 5.95 Å². The first-order chi connectivity index (χ1) is 12.7. The number of carbonyl (C=O) groups is 1. The molecule has 0 fully saturated rings. The molecule has 0 saturated heterocycles. The number of rotatable bonds is 7. The summed E-state index contributed by atoms with van der Waals surface area (Å²) in [6.45, 7) is 3.38. The standard InChI is InChI=1S/C21H26N4O/c1-16-7-9-18(10-8-16)13-23-21-24-14-19(15-25-21)20(26)22-12-11-17-5-3-2-4-6-17/h5,7-10,14-15H,2-4,6,11-13H2,1H3,(H,22,26)(H,23,24,25). The molecule has 136 valence electrons. The molecule has 2 N–H and O–H groups in total. The highest BCUT2D eigenvalue weighted by atomic mass is 16.1. The van der Waals surface area contributed by atoms with Crippen molar-refractivity contribution in [3.8, 4) is 0 Å². The predicted molar refractivity (Wildman–Crippen MR) is 104 cm³/mol. The summed E-state index contributed by atoms with van der Waals surface area (Å²) in [4.78, 5) is 20.6. The van der Waals surface area contributed by atoms with Crippen LogP contribution in [0.5, 0.6) is 0 Å². The molecule has 1 amide bonds. The number of nitrogens with one attached hydrogen (secondary N) is 2. The van der Waals surface area contributed by atoms with Crippen molar-refractivity contribution in [2.24, 2.45) is 0 Å². The molecule has 2 aromatic rings. The average Bonchev–Trinajstić information content (AvgIpc) is 2.69. The Labute approximate surface area is 155 Å². The number of benzene rings is 1. The van der Waals surface area contributed by atoms with Gasteiger partial charge in [-0.3, -0.25) is 4.79 Å². The van der Waals surface area contributed by atoms with Crippen molar-refractivity contribution in [1.82, 2.24) is 15.3 Å². The van der Waals surface area contributed by atoms with Crippen LogP contribution in [0.1, 0.15) is 53.6 Å². The first-order valence-electron chi connectivity index (χ1n) is 9.28. The van der Waals surface area contributed by atoms with Gasteiger partial charge in [0.1, 0.15) is 0 Å². The van der Waals surface area contributed by atoms with Crippen molar-refractivity contribution in [2.45, 2.75) is 45.6 Å². The number of hydrogen-bond acceptors (Lipinski definition) is 4. The van der Waals surface area contributed by atoms with Crippen LogP contribution >= 0.6 is 0 Å². The van der Waals surface area contributed by atoms with Gasteiger partial charge in [0.25, 0.3) is 5.91 Å². The normalized spacial score (nSPS) is 13.8. The second-order valence-corrected chi connectivity index (χ2v) is 6.75. The van der Waals surface area contributed by atoms with Gasteiger partial charge in [-0.05, 0) is 44.6 Å². The van der Waals surface area contributed by atoms with E-state index in [0.717, 1.165) is 12.0 Å². The number of anilines is 1. The second-order valence-electron chi connectivity index (χ2n) is 6.75. The molecule has 0 atom stereocenters. The minimum absolute atomic E-state index is 0.119. The van der Waals surface area contributed by atoms with Crippen LogP contribution < -0.4 is 10.6 Å². The molecule has 26 heavy (non-hydrogen) atoms. The summed E-state index contributed by atoms with van der Waals surface area (Å²) in [5.74, 6) is 0.404. The molecule has 0 bridgehead atoms. The lowest BCUT2D eigenvalue weighted by Crippen LogP contribution is -2.25. The number of carbonyl (C=O) groups excluding carboxylic acids is 1. The fourth-order valence-corrected chi connectivity index (χ4v) is 2.99. The smallest absolute Gasteiger partial charge is 0.254 e. The van der Waals surface area contributed by atoms with Crippen LogP contribution in [-0.4, -0.2) is 22.4 Å². The van der Waals surface area contributed by atoms with Crippen LogP contribution in [0, 0.1) is 6.92 Å². The van der Waals surface area contributed by atoms with E-state index in [-0.39, 0.29) is 5.91 Å². The van der Waals surface area contributed by atoms with Gasteiger partial charge in [0.15, 0.2) is 0 Å². The molecular formula is C21H26N4O. The van der Waals surface area contributed by atoms with Gasteiger partial charge < -0.3 is 10.6 Å². The maximum Gasteiger partial charge on any atom is 0.254 e. The van der Waals surface area contributed by atoms with Gasteiger partial charge in [-0.1, -0.05) is 41.5 Å². The summed E-state index contributed by atoms with van der Waals surface area (Å²) in [7, 11) is 0. The molecule has 0 spiro atoms. The van der Waals surface area contributed by atoms with Crippen molar-refractivity contribution in [2.75, 3.05) is 11.9 Å². The van der Waals surface area contributed by atoms with Gasteiger partial charge in [-0.2, -0.15) is 0 Å². The Kier molecular flexibility index (Phi) is 6.36. The van der Waals surface area contributed by atoms with E-state index >= 15 is 0 Å². The minimum Gasteiger partial charge on any atom is -0.352 e. The number of allylic oxidation sites excluding steroid dienone is 1. The third kappa shape index (κ3) is 5.41. The maximum absolute atomic E-state index is 12.2. The van der Waals surface area contributed by atoms with Gasteiger partial charge in [0.05, 0.1) is 5.56 Å². The Morgan fingerprint density at radius 2 is 1.88 bits per heavy atom. The topological polar surface area (TPSA) is 66.9 Å². The largest absolute Gasteiger partial charge is 0.352 e. The fraction of sp³-hybridized carbons (Fsp3) is 0.381. The summed E-state index contributed by atoms with van der Waals surface area (Å²) in [5, 5.41) is 6.12. The maximum atomic E-state index is 12.2. The van der Waals surface area contributed by atoms with E-state index in [1.54, 1.807) is 12.4 Å². The Bertz CT molecular complexity index is 751. The van der Waals surface area contributed by atoms with Crippen LogP contribution in [-0.2, 0) is 6.54 Å². The lowest BCUT2D eigenvalue weighted by Gasteiger charge is -2.13. The van der Waals surface area contributed by atoms with Crippen LogP contribution in [0.2, 0.25) is 0 Å². The van der Waals surface area contributed by atoms with E-state index in [1.807, 2.05) is 0 Å². The van der Waals surface area contributed by atoms with Crippen LogP contribution in [0.3, 0.4) is 0 Å². The molecule has 5 heteroatoms. The third-order valence-corrected chi connectivity index (χ3v) is 4.60. The highest BCUT2D eigenvalue weighted by Crippen LogP contribution is 2.19.